The number of hydrogen-bond acceptors (Lipinski definition) is 3. The Bertz CT molecular complexity index is 1050. The van der Waals surface area contributed by atoms with Crippen molar-refractivity contribution >= 4 is 39.5 Å². The maximum Gasteiger partial charge on any atom is 0.243 e. The molecule has 3 aromatic carbocycles. The van der Waals surface area contributed by atoms with Crippen LogP contribution in [0.2, 0.25) is 0 Å². The van der Waals surface area contributed by atoms with Crippen LogP contribution in [0.15, 0.2) is 94.3 Å². The highest BCUT2D eigenvalue weighted by molar-refractivity contribution is 9.10. The van der Waals surface area contributed by atoms with E-state index in [0.29, 0.717) is 13.0 Å². The molecule has 1 N–H and O–H groups in total. The first kappa shape index (κ1) is 26.0. The van der Waals surface area contributed by atoms with Gasteiger partial charge < -0.3 is 10.2 Å². The molecule has 178 valence electrons. The molecule has 2 amide bonds. The maximum atomic E-state index is 13.6. The van der Waals surface area contributed by atoms with Crippen LogP contribution in [-0.4, -0.2) is 34.6 Å². The second-order valence-electron chi connectivity index (χ2n) is 8.27. The number of halogens is 1. The van der Waals surface area contributed by atoms with Crippen LogP contribution in [0, 0.1) is 0 Å². The van der Waals surface area contributed by atoms with Gasteiger partial charge in [-0.1, -0.05) is 83.5 Å². The molecular weight excluding hydrogens is 508 g/mol. The molecule has 2 atom stereocenters. The van der Waals surface area contributed by atoms with E-state index in [0.717, 1.165) is 26.9 Å². The van der Waals surface area contributed by atoms with Crippen LogP contribution in [0.1, 0.15) is 31.4 Å². The van der Waals surface area contributed by atoms with Gasteiger partial charge in [0, 0.05) is 28.4 Å². The number of carbonyl (C=O) groups excluding carboxylic acids is 2. The lowest BCUT2D eigenvalue weighted by molar-refractivity contribution is -0.139. The molecule has 0 aliphatic heterocycles. The van der Waals surface area contributed by atoms with E-state index in [9.17, 15) is 9.59 Å². The van der Waals surface area contributed by atoms with Crippen molar-refractivity contribution in [2.24, 2.45) is 0 Å². The minimum absolute atomic E-state index is 0.0362. The molecule has 3 aromatic rings. The summed E-state index contributed by atoms with van der Waals surface area (Å²) in [5.41, 5.74) is 2.01. The van der Waals surface area contributed by atoms with Crippen molar-refractivity contribution in [1.82, 2.24) is 10.2 Å². The van der Waals surface area contributed by atoms with E-state index < -0.39 is 6.04 Å². The van der Waals surface area contributed by atoms with E-state index in [1.165, 1.54) is 11.8 Å². The Labute approximate surface area is 215 Å². The summed E-state index contributed by atoms with van der Waals surface area (Å²) < 4.78 is 0.976. The SMILES string of the molecule is CC[C@H](C)NC(=O)[C@@H](Cc1ccccc1)N(Cc1ccc(Br)cc1)C(=O)CSc1ccccc1. The number of thioether (sulfide) groups is 1. The van der Waals surface area contributed by atoms with E-state index in [2.05, 4.69) is 21.2 Å². The monoisotopic (exact) mass is 538 g/mol. The average Bonchev–Trinajstić information content (AvgIpc) is 2.87. The number of hydrogen-bond donors (Lipinski definition) is 1. The maximum absolute atomic E-state index is 13.6. The van der Waals surface area contributed by atoms with Gasteiger partial charge in [-0.15, -0.1) is 11.8 Å². The van der Waals surface area contributed by atoms with Gasteiger partial charge >= 0.3 is 0 Å². The van der Waals surface area contributed by atoms with E-state index in [-0.39, 0.29) is 23.6 Å². The van der Waals surface area contributed by atoms with Crippen molar-refractivity contribution in [3.63, 3.8) is 0 Å². The van der Waals surface area contributed by atoms with Crippen LogP contribution < -0.4 is 5.32 Å². The van der Waals surface area contributed by atoms with E-state index >= 15 is 0 Å². The first-order valence-corrected chi connectivity index (χ1v) is 13.3. The van der Waals surface area contributed by atoms with Gasteiger partial charge in [-0.25, -0.2) is 0 Å². The van der Waals surface area contributed by atoms with Crippen molar-refractivity contribution in [3.8, 4) is 0 Å². The summed E-state index contributed by atoms with van der Waals surface area (Å²) in [5.74, 6) is 0.0907. The summed E-state index contributed by atoms with van der Waals surface area (Å²) >= 11 is 4.97. The summed E-state index contributed by atoms with van der Waals surface area (Å²) in [6.45, 7) is 4.40. The van der Waals surface area contributed by atoms with Crippen LogP contribution in [0.5, 0.6) is 0 Å². The highest BCUT2D eigenvalue weighted by atomic mass is 79.9. The van der Waals surface area contributed by atoms with Crippen LogP contribution in [0.3, 0.4) is 0 Å². The highest BCUT2D eigenvalue weighted by Gasteiger charge is 2.30. The smallest absolute Gasteiger partial charge is 0.243 e. The summed E-state index contributed by atoms with van der Waals surface area (Å²) in [4.78, 5) is 29.8. The largest absolute Gasteiger partial charge is 0.352 e. The molecule has 0 radical (unpaired) electrons. The van der Waals surface area contributed by atoms with Crippen molar-refractivity contribution in [3.05, 3.63) is 101 Å². The molecule has 6 heteroatoms. The third kappa shape index (κ3) is 8.03. The van der Waals surface area contributed by atoms with Crippen molar-refractivity contribution in [1.29, 1.82) is 0 Å². The topological polar surface area (TPSA) is 49.4 Å². The Morgan fingerprint density at radius 1 is 0.912 bits per heavy atom. The summed E-state index contributed by atoms with van der Waals surface area (Å²) in [7, 11) is 0. The molecule has 4 nitrogen and oxygen atoms in total. The molecule has 3 rings (SSSR count). The molecule has 0 unspecified atom stereocenters. The van der Waals surface area contributed by atoms with Crippen molar-refractivity contribution < 1.29 is 9.59 Å². The van der Waals surface area contributed by atoms with Gasteiger partial charge in [-0.2, -0.15) is 0 Å². The number of carbonyl (C=O) groups is 2. The van der Waals surface area contributed by atoms with E-state index in [4.69, 9.17) is 0 Å². The predicted octanol–water partition coefficient (Wildman–Crippen LogP) is 6.10. The second-order valence-corrected chi connectivity index (χ2v) is 10.2. The fourth-order valence-corrected chi connectivity index (χ4v) is 4.60. The van der Waals surface area contributed by atoms with Gasteiger partial charge in [0.15, 0.2) is 0 Å². The van der Waals surface area contributed by atoms with Crippen molar-refractivity contribution in [2.75, 3.05) is 5.75 Å². The Balaban J connectivity index is 1.90. The Hall–Kier alpha value is -2.57. The minimum atomic E-state index is -0.607. The van der Waals surface area contributed by atoms with Gasteiger partial charge in [0.05, 0.1) is 5.75 Å². The fraction of sp³-hybridized carbons (Fsp3) is 0.286. The molecule has 0 aliphatic carbocycles. The molecule has 0 aromatic heterocycles. The Morgan fingerprint density at radius 3 is 2.15 bits per heavy atom. The van der Waals surface area contributed by atoms with Crippen LogP contribution in [0.25, 0.3) is 0 Å². The second kappa shape index (κ2) is 13.4. The van der Waals surface area contributed by atoms with Crippen LogP contribution in [0.4, 0.5) is 0 Å². The first-order chi connectivity index (χ1) is 16.5. The normalized spacial score (nSPS) is 12.6. The molecular formula is C28H31BrN2O2S. The molecule has 0 saturated carbocycles. The van der Waals surface area contributed by atoms with Crippen LogP contribution >= 0.6 is 27.7 Å². The minimum Gasteiger partial charge on any atom is -0.352 e. The zero-order valence-corrected chi connectivity index (χ0v) is 22.0. The molecule has 34 heavy (non-hydrogen) atoms. The Kier molecular flexibility index (Phi) is 10.2. The summed E-state index contributed by atoms with van der Waals surface area (Å²) in [6.07, 6.45) is 1.29. The van der Waals surface area contributed by atoms with Crippen molar-refractivity contribution in [2.45, 2.75) is 50.2 Å². The molecule has 0 saturated heterocycles. The fourth-order valence-electron chi connectivity index (χ4n) is 3.53. The number of nitrogens with zero attached hydrogens (tertiary/aromatic N) is 1. The van der Waals surface area contributed by atoms with E-state index in [1.807, 2.05) is 98.8 Å². The lowest BCUT2D eigenvalue weighted by Gasteiger charge is -2.32. The molecule has 0 spiro atoms. The van der Waals surface area contributed by atoms with Gasteiger partial charge in [-0.3, -0.25) is 9.59 Å². The van der Waals surface area contributed by atoms with Gasteiger partial charge in [-0.05, 0) is 48.7 Å². The standard InChI is InChI=1S/C28H31BrN2O2S/c1-3-21(2)30-28(33)26(18-22-10-6-4-7-11-22)31(19-23-14-16-24(29)17-15-23)27(32)20-34-25-12-8-5-9-13-25/h4-17,21,26H,3,18-20H2,1-2H3,(H,30,33)/t21-,26+/m0/s1. The van der Waals surface area contributed by atoms with E-state index in [1.54, 1.807) is 4.90 Å². The zero-order chi connectivity index (χ0) is 24.3. The summed E-state index contributed by atoms with van der Waals surface area (Å²) in [6, 6.07) is 27.1. The molecule has 0 fully saturated rings. The number of rotatable bonds is 11. The summed E-state index contributed by atoms with van der Waals surface area (Å²) in [5, 5.41) is 3.11. The predicted molar refractivity (Wildman–Crippen MR) is 144 cm³/mol. The molecule has 0 aliphatic rings. The highest BCUT2D eigenvalue weighted by Crippen LogP contribution is 2.21. The third-order valence-electron chi connectivity index (χ3n) is 5.64. The number of amides is 2. The lowest BCUT2D eigenvalue weighted by Crippen LogP contribution is -2.52. The Morgan fingerprint density at radius 2 is 1.53 bits per heavy atom. The van der Waals surface area contributed by atoms with Gasteiger partial charge in [0.1, 0.15) is 6.04 Å². The quantitative estimate of drug-likeness (QED) is 0.300. The number of nitrogens with one attached hydrogen (secondary N) is 1. The van der Waals surface area contributed by atoms with Gasteiger partial charge in [0.25, 0.3) is 0 Å². The van der Waals surface area contributed by atoms with Crippen LogP contribution in [-0.2, 0) is 22.6 Å². The third-order valence-corrected chi connectivity index (χ3v) is 7.17. The number of benzene rings is 3. The molecule has 0 bridgehead atoms. The van der Waals surface area contributed by atoms with Gasteiger partial charge in [0.2, 0.25) is 11.8 Å². The first-order valence-electron chi connectivity index (χ1n) is 11.5. The average molecular weight is 540 g/mol. The lowest BCUT2D eigenvalue weighted by atomic mass is 10.0. The zero-order valence-electron chi connectivity index (χ0n) is 19.6. The molecule has 0 heterocycles.